The van der Waals surface area contributed by atoms with Crippen LogP contribution in [0.3, 0.4) is 0 Å². The Labute approximate surface area is 134 Å². The van der Waals surface area contributed by atoms with Gasteiger partial charge in [0.2, 0.25) is 5.13 Å². The number of nitrogens with zero attached hydrogens (tertiary/aromatic N) is 2. The number of ether oxygens (including phenoxy) is 1. The second-order valence-electron chi connectivity index (χ2n) is 3.98. The normalized spacial score (nSPS) is 11.4. The Bertz CT molecular complexity index is 761. The summed E-state index contributed by atoms with van der Waals surface area (Å²) in [5, 5.41) is 8.60. The van der Waals surface area contributed by atoms with Crippen LogP contribution in [0.1, 0.15) is 11.9 Å². The lowest BCUT2D eigenvalue weighted by Crippen LogP contribution is -2.14. The first-order valence-electron chi connectivity index (χ1n) is 5.85. The van der Waals surface area contributed by atoms with Crippen LogP contribution in [0.4, 0.5) is 10.8 Å². The first-order valence-corrected chi connectivity index (χ1v) is 8.95. The van der Waals surface area contributed by atoms with Gasteiger partial charge in [0.05, 0.1) is 7.11 Å². The van der Waals surface area contributed by atoms with Gasteiger partial charge in [-0.15, -0.1) is 10.2 Å². The third-order valence-electron chi connectivity index (χ3n) is 2.56. The lowest BCUT2D eigenvalue weighted by Gasteiger charge is -2.11. The Kier molecular flexibility index (Phi) is 4.69. The van der Waals surface area contributed by atoms with Crippen molar-refractivity contribution in [2.75, 3.05) is 17.6 Å². The van der Waals surface area contributed by atoms with Gasteiger partial charge in [0, 0.05) is 10.2 Å². The molecule has 1 heterocycles. The van der Waals surface area contributed by atoms with Crippen LogP contribution in [0.25, 0.3) is 0 Å². The highest BCUT2D eigenvalue weighted by Crippen LogP contribution is 2.33. The Morgan fingerprint density at radius 2 is 2.14 bits per heavy atom. The first-order chi connectivity index (χ1) is 9.87. The molecule has 0 atom stereocenters. The van der Waals surface area contributed by atoms with E-state index in [0.717, 1.165) is 5.01 Å². The van der Waals surface area contributed by atoms with Gasteiger partial charge in [-0.05, 0) is 34.5 Å². The van der Waals surface area contributed by atoms with Gasteiger partial charge in [0.25, 0.3) is 10.0 Å². The van der Waals surface area contributed by atoms with Gasteiger partial charge < -0.3 is 10.5 Å². The van der Waals surface area contributed by atoms with Crippen molar-refractivity contribution in [1.29, 1.82) is 0 Å². The molecule has 0 saturated carbocycles. The van der Waals surface area contributed by atoms with E-state index in [2.05, 4.69) is 30.8 Å². The molecule has 2 aromatic rings. The number of rotatable bonds is 5. The third-order valence-corrected chi connectivity index (χ3v) is 5.72. The smallest absolute Gasteiger partial charge is 0.267 e. The molecule has 0 radical (unpaired) electrons. The summed E-state index contributed by atoms with van der Waals surface area (Å²) in [7, 11) is -2.47. The number of benzene rings is 1. The zero-order valence-electron chi connectivity index (χ0n) is 11.3. The minimum atomic E-state index is -3.86. The fourth-order valence-electron chi connectivity index (χ4n) is 1.53. The van der Waals surface area contributed by atoms with E-state index in [1.807, 2.05) is 6.92 Å². The van der Waals surface area contributed by atoms with Crippen molar-refractivity contribution in [3.8, 4) is 5.75 Å². The summed E-state index contributed by atoms with van der Waals surface area (Å²) >= 11 is 4.41. The zero-order chi connectivity index (χ0) is 15.6. The first kappa shape index (κ1) is 16.0. The molecular weight excluding hydrogens is 380 g/mol. The maximum absolute atomic E-state index is 12.4. The molecule has 0 bridgehead atoms. The Balaban J connectivity index is 2.41. The molecule has 7 nitrogen and oxygen atoms in total. The predicted octanol–water partition coefficient (Wildman–Crippen LogP) is 2.25. The molecule has 0 amide bonds. The highest BCUT2D eigenvalue weighted by Gasteiger charge is 2.22. The van der Waals surface area contributed by atoms with E-state index in [-0.39, 0.29) is 15.8 Å². The average Bonchev–Trinajstić information content (AvgIpc) is 2.88. The van der Waals surface area contributed by atoms with Crippen LogP contribution < -0.4 is 15.2 Å². The lowest BCUT2D eigenvalue weighted by atomic mass is 10.3. The summed E-state index contributed by atoms with van der Waals surface area (Å²) in [4.78, 5) is -0.0565. The Morgan fingerprint density at radius 3 is 2.71 bits per heavy atom. The van der Waals surface area contributed by atoms with Crippen LogP contribution in [-0.2, 0) is 16.4 Å². The van der Waals surface area contributed by atoms with E-state index >= 15 is 0 Å². The van der Waals surface area contributed by atoms with E-state index in [1.165, 1.54) is 30.6 Å². The van der Waals surface area contributed by atoms with E-state index in [0.29, 0.717) is 16.6 Å². The number of hydrogen-bond donors (Lipinski definition) is 2. The molecule has 0 saturated heterocycles. The summed E-state index contributed by atoms with van der Waals surface area (Å²) in [6.45, 7) is 1.91. The SMILES string of the molecule is CCc1nnc(NS(=O)(=O)c2cc(N)c(Br)cc2OC)s1. The highest BCUT2D eigenvalue weighted by atomic mass is 79.9. The van der Waals surface area contributed by atoms with Gasteiger partial charge in [-0.3, -0.25) is 4.72 Å². The molecule has 1 aromatic carbocycles. The number of hydrogen-bond acceptors (Lipinski definition) is 7. The topological polar surface area (TPSA) is 107 Å². The molecule has 2 rings (SSSR count). The summed E-state index contributed by atoms with van der Waals surface area (Å²) in [5.74, 6) is 0.184. The maximum Gasteiger partial charge on any atom is 0.267 e. The monoisotopic (exact) mass is 392 g/mol. The number of halogens is 1. The molecular formula is C11H13BrN4O3S2. The van der Waals surface area contributed by atoms with Crippen molar-refractivity contribution < 1.29 is 13.2 Å². The van der Waals surface area contributed by atoms with Crippen LogP contribution in [-0.4, -0.2) is 25.7 Å². The molecule has 114 valence electrons. The van der Waals surface area contributed by atoms with Crippen molar-refractivity contribution >= 4 is 48.1 Å². The van der Waals surface area contributed by atoms with Gasteiger partial charge in [0.15, 0.2) is 0 Å². The molecule has 0 spiro atoms. The summed E-state index contributed by atoms with van der Waals surface area (Å²) < 4.78 is 32.9. The van der Waals surface area contributed by atoms with E-state index in [9.17, 15) is 8.42 Å². The van der Waals surface area contributed by atoms with Crippen LogP contribution in [0.15, 0.2) is 21.5 Å². The fraction of sp³-hybridized carbons (Fsp3) is 0.273. The number of sulfonamides is 1. The van der Waals surface area contributed by atoms with E-state index < -0.39 is 10.0 Å². The molecule has 0 aliphatic carbocycles. The van der Waals surface area contributed by atoms with Gasteiger partial charge in [-0.1, -0.05) is 18.3 Å². The Morgan fingerprint density at radius 1 is 1.43 bits per heavy atom. The number of methoxy groups -OCH3 is 1. The number of nitrogens with one attached hydrogen (secondary N) is 1. The molecule has 1 aromatic heterocycles. The fourth-order valence-corrected chi connectivity index (χ4v) is 3.95. The van der Waals surface area contributed by atoms with Crippen molar-refractivity contribution in [3.05, 3.63) is 21.6 Å². The van der Waals surface area contributed by atoms with Crippen molar-refractivity contribution in [2.24, 2.45) is 0 Å². The summed E-state index contributed by atoms with van der Waals surface area (Å²) in [5.41, 5.74) is 6.03. The van der Waals surface area contributed by atoms with Gasteiger partial charge in [0.1, 0.15) is 15.7 Å². The molecule has 0 fully saturated rings. The molecule has 21 heavy (non-hydrogen) atoms. The number of nitrogens with two attached hydrogens (primary N) is 1. The quantitative estimate of drug-likeness (QED) is 0.755. The zero-order valence-corrected chi connectivity index (χ0v) is 14.5. The molecule has 0 aliphatic rings. The van der Waals surface area contributed by atoms with E-state index in [1.54, 1.807) is 0 Å². The molecule has 0 unspecified atom stereocenters. The summed E-state index contributed by atoms with van der Waals surface area (Å²) in [6, 6.07) is 2.83. The van der Waals surface area contributed by atoms with Gasteiger partial charge in [-0.2, -0.15) is 0 Å². The van der Waals surface area contributed by atoms with Gasteiger partial charge in [-0.25, -0.2) is 8.42 Å². The van der Waals surface area contributed by atoms with Crippen molar-refractivity contribution in [1.82, 2.24) is 10.2 Å². The second-order valence-corrected chi connectivity index (χ2v) is 7.55. The number of aromatic nitrogens is 2. The van der Waals surface area contributed by atoms with E-state index in [4.69, 9.17) is 10.5 Å². The van der Waals surface area contributed by atoms with Crippen LogP contribution in [0, 0.1) is 0 Å². The third kappa shape index (κ3) is 3.44. The highest BCUT2D eigenvalue weighted by molar-refractivity contribution is 9.10. The summed E-state index contributed by atoms with van der Waals surface area (Å²) in [6.07, 6.45) is 0.688. The van der Waals surface area contributed by atoms with Gasteiger partial charge >= 0.3 is 0 Å². The van der Waals surface area contributed by atoms with Crippen LogP contribution >= 0.6 is 27.3 Å². The Hall–Kier alpha value is -1.39. The van der Waals surface area contributed by atoms with Crippen LogP contribution in [0.2, 0.25) is 0 Å². The minimum Gasteiger partial charge on any atom is -0.495 e. The van der Waals surface area contributed by atoms with Crippen molar-refractivity contribution in [3.63, 3.8) is 0 Å². The lowest BCUT2D eigenvalue weighted by molar-refractivity contribution is 0.402. The number of nitrogen functional groups attached to an aromatic ring is 1. The largest absolute Gasteiger partial charge is 0.495 e. The molecule has 3 N–H and O–H groups in total. The standard InChI is InChI=1S/C11H13BrN4O3S2/c1-3-10-14-15-11(20-10)16-21(17,18)9-5-7(13)6(12)4-8(9)19-2/h4-5H,3,13H2,1-2H3,(H,15,16). The van der Waals surface area contributed by atoms with Crippen LogP contribution in [0.5, 0.6) is 5.75 Å². The minimum absolute atomic E-state index is 0.0565. The van der Waals surface area contributed by atoms with Crippen molar-refractivity contribution in [2.45, 2.75) is 18.2 Å². The maximum atomic E-state index is 12.4. The average molecular weight is 393 g/mol. The molecule has 0 aliphatic heterocycles. The second kappa shape index (κ2) is 6.16. The molecule has 10 heteroatoms. The number of aryl methyl sites for hydroxylation is 1. The number of anilines is 2. The predicted molar refractivity (Wildman–Crippen MR) is 85.2 cm³/mol.